The minimum Gasteiger partial charge on any atom is -0.480 e. The van der Waals surface area contributed by atoms with E-state index >= 15 is 0 Å². The molecule has 0 bridgehead atoms. The number of anilines is 1. The molecular formula is C17H22ClN3O2S. The maximum Gasteiger partial charge on any atom is 0.317 e. The van der Waals surface area contributed by atoms with Crippen molar-refractivity contribution >= 4 is 45.6 Å². The van der Waals surface area contributed by atoms with E-state index in [1.54, 1.807) is 11.3 Å². The Bertz CT molecular complexity index is 713. The number of thiophene rings is 1. The van der Waals surface area contributed by atoms with Gasteiger partial charge in [-0.25, -0.2) is 0 Å². The normalized spacial score (nSPS) is 22.9. The molecule has 0 radical (unpaired) electrons. The van der Waals surface area contributed by atoms with Crippen molar-refractivity contribution in [2.24, 2.45) is 5.92 Å². The van der Waals surface area contributed by atoms with E-state index in [1.807, 2.05) is 18.3 Å². The molecule has 0 spiro atoms. The van der Waals surface area contributed by atoms with Crippen molar-refractivity contribution in [1.82, 2.24) is 9.88 Å². The first-order valence-electron chi connectivity index (χ1n) is 8.23. The van der Waals surface area contributed by atoms with E-state index in [4.69, 9.17) is 5.11 Å². The molecule has 0 amide bonds. The zero-order chi connectivity index (χ0) is 15.8. The standard InChI is InChI=1S/C17H21N3O2S.ClH/c21-16(22)10-20(9-11-1-2-11)13-7-12(8-13)19-15-3-5-18-14-4-6-23-17(14)15;/h3-6,11-13H,1-2,7-10H2,(H,18,19)(H,21,22);1H. The Morgan fingerprint density at radius 1 is 1.38 bits per heavy atom. The van der Waals surface area contributed by atoms with Crippen molar-refractivity contribution in [3.8, 4) is 0 Å². The molecule has 0 aromatic carbocycles. The van der Waals surface area contributed by atoms with Gasteiger partial charge in [0.25, 0.3) is 0 Å². The lowest BCUT2D eigenvalue weighted by atomic mass is 9.85. The van der Waals surface area contributed by atoms with Gasteiger partial charge in [-0.3, -0.25) is 14.7 Å². The van der Waals surface area contributed by atoms with Gasteiger partial charge in [0, 0.05) is 24.8 Å². The van der Waals surface area contributed by atoms with E-state index in [2.05, 4.69) is 20.6 Å². The maximum absolute atomic E-state index is 11.1. The summed E-state index contributed by atoms with van der Waals surface area (Å²) in [5.74, 6) is 0.0174. The zero-order valence-corrected chi connectivity index (χ0v) is 15.0. The third kappa shape index (κ3) is 3.82. The van der Waals surface area contributed by atoms with Crippen molar-refractivity contribution in [1.29, 1.82) is 0 Å². The van der Waals surface area contributed by atoms with Gasteiger partial charge in [0.1, 0.15) is 0 Å². The van der Waals surface area contributed by atoms with Crippen molar-refractivity contribution in [2.75, 3.05) is 18.4 Å². The van der Waals surface area contributed by atoms with Crippen LogP contribution in [0.5, 0.6) is 0 Å². The molecular weight excluding hydrogens is 346 g/mol. The molecule has 130 valence electrons. The number of carboxylic acid groups (broad SMARTS) is 1. The quantitative estimate of drug-likeness (QED) is 0.784. The highest BCUT2D eigenvalue weighted by molar-refractivity contribution is 7.17. The number of rotatable bonds is 7. The van der Waals surface area contributed by atoms with E-state index in [9.17, 15) is 4.79 Å². The smallest absolute Gasteiger partial charge is 0.317 e. The summed E-state index contributed by atoms with van der Waals surface area (Å²) in [5, 5.41) is 14.8. The highest BCUT2D eigenvalue weighted by atomic mass is 35.5. The number of carbonyl (C=O) groups is 1. The Kier molecular flexibility index (Phi) is 5.27. The van der Waals surface area contributed by atoms with Crippen LogP contribution in [0, 0.1) is 5.92 Å². The number of hydrogen-bond donors (Lipinski definition) is 2. The number of fused-ring (bicyclic) bond motifs is 1. The van der Waals surface area contributed by atoms with Crippen LogP contribution in [0.2, 0.25) is 0 Å². The van der Waals surface area contributed by atoms with Crippen LogP contribution in [0.15, 0.2) is 23.7 Å². The predicted molar refractivity (Wildman–Crippen MR) is 99.2 cm³/mol. The largest absolute Gasteiger partial charge is 0.480 e. The lowest BCUT2D eigenvalue weighted by molar-refractivity contribution is -0.139. The van der Waals surface area contributed by atoms with E-state index in [-0.39, 0.29) is 19.0 Å². The van der Waals surface area contributed by atoms with Crippen molar-refractivity contribution in [3.05, 3.63) is 23.7 Å². The van der Waals surface area contributed by atoms with Gasteiger partial charge >= 0.3 is 5.97 Å². The van der Waals surface area contributed by atoms with Crippen LogP contribution in [0.4, 0.5) is 5.69 Å². The topological polar surface area (TPSA) is 65.5 Å². The molecule has 2 heterocycles. The number of nitrogens with one attached hydrogen (secondary N) is 1. The molecule has 2 fully saturated rings. The number of carboxylic acids is 1. The van der Waals surface area contributed by atoms with Gasteiger partial charge in [-0.05, 0) is 49.1 Å². The first-order valence-corrected chi connectivity index (χ1v) is 9.11. The minimum atomic E-state index is -0.712. The number of aliphatic carboxylic acids is 1. The van der Waals surface area contributed by atoms with Crippen LogP contribution < -0.4 is 5.32 Å². The maximum atomic E-state index is 11.1. The molecule has 5 nitrogen and oxygen atoms in total. The molecule has 2 saturated carbocycles. The highest BCUT2D eigenvalue weighted by Crippen LogP contribution is 2.36. The molecule has 0 aliphatic heterocycles. The van der Waals surface area contributed by atoms with Crippen LogP contribution >= 0.6 is 23.7 Å². The number of pyridine rings is 1. The van der Waals surface area contributed by atoms with Crippen LogP contribution in [-0.4, -0.2) is 46.1 Å². The zero-order valence-electron chi connectivity index (χ0n) is 13.4. The van der Waals surface area contributed by atoms with Crippen LogP contribution in [0.3, 0.4) is 0 Å². The molecule has 24 heavy (non-hydrogen) atoms. The second-order valence-electron chi connectivity index (χ2n) is 6.73. The van der Waals surface area contributed by atoms with Gasteiger partial charge in [-0.1, -0.05) is 0 Å². The Morgan fingerprint density at radius 3 is 2.88 bits per heavy atom. The van der Waals surface area contributed by atoms with Crippen LogP contribution in [-0.2, 0) is 4.79 Å². The molecule has 2 N–H and O–H groups in total. The first kappa shape index (κ1) is 17.5. The Morgan fingerprint density at radius 2 is 2.17 bits per heavy atom. The number of hydrogen-bond acceptors (Lipinski definition) is 5. The molecule has 2 aromatic rings. The fourth-order valence-corrected chi connectivity index (χ4v) is 4.19. The van der Waals surface area contributed by atoms with Gasteiger partial charge in [-0.15, -0.1) is 23.7 Å². The predicted octanol–water partition coefficient (Wildman–Crippen LogP) is 3.46. The fraction of sp³-hybridized carbons (Fsp3) is 0.529. The molecule has 4 rings (SSSR count). The number of halogens is 1. The van der Waals surface area contributed by atoms with Gasteiger partial charge < -0.3 is 10.4 Å². The van der Waals surface area contributed by atoms with E-state index in [0.717, 1.165) is 36.5 Å². The summed E-state index contributed by atoms with van der Waals surface area (Å²) >= 11 is 1.71. The average Bonchev–Trinajstić information content (AvgIpc) is 3.14. The second kappa shape index (κ2) is 7.25. The lowest BCUT2D eigenvalue weighted by Crippen LogP contribution is -2.52. The van der Waals surface area contributed by atoms with Crippen LogP contribution in [0.1, 0.15) is 25.7 Å². The highest BCUT2D eigenvalue weighted by Gasteiger charge is 2.37. The molecule has 2 aromatic heterocycles. The molecule has 0 saturated heterocycles. The summed E-state index contributed by atoms with van der Waals surface area (Å²) in [6.45, 7) is 1.13. The fourth-order valence-electron chi connectivity index (χ4n) is 3.36. The van der Waals surface area contributed by atoms with Gasteiger partial charge in [0.15, 0.2) is 0 Å². The Labute approximate surface area is 151 Å². The van der Waals surface area contributed by atoms with Crippen molar-refractivity contribution in [3.63, 3.8) is 0 Å². The van der Waals surface area contributed by atoms with Crippen LogP contribution in [0.25, 0.3) is 10.2 Å². The molecule has 2 aliphatic rings. The average molecular weight is 368 g/mol. The SMILES string of the molecule is Cl.O=C(O)CN(CC1CC1)C1CC(Nc2ccnc3ccsc23)C1. The lowest BCUT2D eigenvalue weighted by Gasteiger charge is -2.43. The van der Waals surface area contributed by atoms with E-state index < -0.39 is 5.97 Å². The monoisotopic (exact) mass is 367 g/mol. The third-order valence-electron chi connectivity index (χ3n) is 4.86. The first-order chi connectivity index (χ1) is 11.2. The van der Waals surface area contributed by atoms with Gasteiger partial charge in [0.05, 0.1) is 22.4 Å². The Hall–Kier alpha value is -1.37. The van der Waals surface area contributed by atoms with Gasteiger partial charge in [-0.2, -0.15) is 0 Å². The Balaban J connectivity index is 0.00000169. The number of nitrogens with zero attached hydrogens (tertiary/aromatic N) is 2. The van der Waals surface area contributed by atoms with E-state index in [1.165, 1.54) is 17.5 Å². The summed E-state index contributed by atoms with van der Waals surface area (Å²) in [6.07, 6.45) is 6.41. The van der Waals surface area contributed by atoms with Gasteiger partial charge in [0.2, 0.25) is 0 Å². The molecule has 0 atom stereocenters. The third-order valence-corrected chi connectivity index (χ3v) is 5.80. The summed E-state index contributed by atoms with van der Waals surface area (Å²) in [7, 11) is 0. The summed E-state index contributed by atoms with van der Waals surface area (Å²) in [6, 6.07) is 4.91. The molecule has 2 aliphatic carbocycles. The summed E-state index contributed by atoms with van der Waals surface area (Å²) in [5.41, 5.74) is 2.19. The molecule has 0 unspecified atom stereocenters. The number of aromatic nitrogens is 1. The molecule has 7 heteroatoms. The van der Waals surface area contributed by atoms with Crippen molar-refractivity contribution in [2.45, 2.75) is 37.8 Å². The summed E-state index contributed by atoms with van der Waals surface area (Å²) in [4.78, 5) is 17.6. The van der Waals surface area contributed by atoms with E-state index in [0.29, 0.717) is 12.1 Å². The summed E-state index contributed by atoms with van der Waals surface area (Å²) < 4.78 is 1.20. The second-order valence-corrected chi connectivity index (χ2v) is 7.64. The minimum absolute atomic E-state index is 0. The van der Waals surface area contributed by atoms with Crippen molar-refractivity contribution < 1.29 is 9.90 Å².